The Hall–Kier alpha value is -0.910. The zero-order valence-electron chi connectivity index (χ0n) is 16.8. The number of nitrogens with zero attached hydrogens (tertiary/aromatic N) is 1. The van der Waals surface area contributed by atoms with Crippen molar-refractivity contribution in [2.24, 2.45) is 4.99 Å². The van der Waals surface area contributed by atoms with Crippen molar-refractivity contribution in [2.45, 2.75) is 89.4 Å². The van der Waals surface area contributed by atoms with Crippen LogP contribution in [0.3, 0.4) is 0 Å². The Morgan fingerprint density at radius 3 is 1.85 bits per heavy atom. The smallest absolute Gasteiger partial charge is 0.0517 e. The molecular weight excluding hydrogens is 322 g/mol. The second-order valence-corrected chi connectivity index (χ2v) is 8.35. The molecule has 0 aromatic rings. The molecule has 1 aliphatic heterocycles. The van der Waals surface area contributed by atoms with Gasteiger partial charge in [-0.1, -0.05) is 25.7 Å². The lowest BCUT2D eigenvalue weighted by Gasteiger charge is -2.35. The highest BCUT2D eigenvalue weighted by atomic mass is 15.1. The van der Waals surface area contributed by atoms with Gasteiger partial charge in [0, 0.05) is 55.2 Å². The SMILES string of the molecule is CC1=CC(C)=NCCN[C@@H]2CCCC[C@H]2NCCN[C@@H]2CCCC[C@H]2N1. The van der Waals surface area contributed by atoms with Gasteiger partial charge in [-0.25, -0.2) is 0 Å². The van der Waals surface area contributed by atoms with Gasteiger partial charge in [0.1, 0.15) is 0 Å². The van der Waals surface area contributed by atoms with Crippen LogP contribution in [0, 0.1) is 0 Å². The molecule has 0 spiro atoms. The zero-order valence-corrected chi connectivity index (χ0v) is 16.8. The van der Waals surface area contributed by atoms with Crippen molar-refractivity contribution in [3.63, 3.8) is 0 Å². The molecule has 0 radical (unpaired) electrons. The van der Waals surface area contributed by atoms with Crippen LogP contribution in [0.4, 0.5) is 0 Å². The van der Waals surface area contributed by atoms with E-state index in [4.69, 9.17) is 4.99 Å². The third-order valence-corrected chi connectivity index (χ3v) is 6.19. The maximum absolute atomic E-state index is 4.75. The maximum Gasteiger partial charge on any atom is 0.0517 e. The number of hydrogen-bond donors (Lipinski definition) is 4. The Kier molecular flexibility index (Phi) is 7.96. The van der Waals surface area contributed by atoms with Crippen LogP contribution in [-0.4, -0.2) is 56.1 Å². The Morgan fingerprint density at radius 2 is 1.23 bits per heavy atom. The molecule has 148 valence electrons. The molecule has 26 heavy (non-hydrogen) atoms. The number of rotatable bonds is 0. The fourth-order valence-corrected chi connectivity index (χ4v) is 4.86. The van der Waals surface area contributed by atoms with E-state index in [1.165, 1.54) is 57.1 Å². The van der Waals surface area contributed by atoms with Crippen molar-refractivity contribution in [1.82, 2.24) is 21.3 Å². The van der Waals surface area contributed by atoms with E-state index in [0.717, 1.165) is 31.9 Å². The lowest BCUT2D eigenvalue weighted by atomic mass is 9.89. The molecule has 4 atom stereocenters. The minimum Gasteiger partial charge on any atom is -0.384 e. The average molecular weight is 362 g/mol. The van der Waals surface area contributed by atoms with Gasteiger partial charge in [0.25, 0.3) is 0 Å². The molecule has 0 bridgehead atoms. The van der Waals surface area contributed by atoms with Crippen LogP contribution >= 0.6 is 0 Å². The summed E-state index contributed by atoms with van der Waals surface area (Å²) in [5, 5.41) is 15.2. The third-order valence-electron chi connectivity index (χ3n) is 6.19. The first-order valence-corrected chi connectivity index (χ1v) is 10.9. The predicted molar refractivity (Wildman–Crippen MR) is 111 cm³/mol. The van der Waals surface area contributed by atoms with Crippen molar-refractivity contribution in [2.75, 3.05) is 26.2 Å². The lowest BCUT2D eigenvalue weighted by Crippen LogP contribution is -2.54. The normalized spacial score (nSPS) is 35.3. The number of hydrogen-bond acceptors (Lipinski definition) is 5. The van der Waals surface area contributed by atoms with Gasteiger partial charge in [0.15, 0.2) is 0 Å². The van der Waals surface area contributed by atoms with Gasteiger partial charge in [-0.15, -0.1) is 0 Å². The largest absolute Gasteiger partial charge is 0.384 e. The van der Waals surface area contributed by atoms with E-state index in [9.17, 15) is 0 Å². The Morgan fingerprint density at radius 1 is 0.731 bits per heavy atom. The monoisotopic (exact) mass is 361 g/mol. The van der Waals surface area contributed by atoms with Gasteiger partial charge in [-0.3, -0.25) is 4.99 Å². The molecule has 0 saturated heterocycles. The molecule has 2 saturated carbocycles. The first kappa shape index (κ1) is 19.8. The van der Waals surface area contributed by atoms with Gasteiger partial charge in [0.05, 0.1) is 6.54 Å². The molecule has 5 heteroatoms. The molecule has 4 N–H and O–H groups in total. The quantitative estimate of drug-likeness (QED) is 0.535. The van der Waals surface area contributed by atoms with E-state index < -0.39 is 0 Å². The molecule has 0 unspecified atom stereocenters. The molecule has 2 aliphatic carbocycles. The van der Waals surface area contributed by atoms with Crippen LogP contribution in [0.5, 0.6) is 0 Å². The number of aliphatic imine (C=N–C) groups is 1. The molecule has 0 amide bonds. The number of fused-ring (bicyclic) bond motifs is 2. The summed E-state index contributed by atoms with van der Waals surface area (Å²) in [6, 6.07) is 2.35. The third kappa shape index (κ3) is 6.07. The standard InChI is InChI=1S/C21H39N5/c1-16-15-17(2)26-21-10-6-5-9-20(21)25-14-13-24-19-8-4-3-7-18(19)23-12-11-22-16/h15,18-21,23-26H,3-14H2,1-2H3/t18-,19-,20-,21-/m1/s1. The van der Waals surface area contributed by atoms with Crippen molar-refractivity contribution >= 4 is 5.71 Å². The summed E-state index contributed by atoms with van der Waals surface area (Å²) in [5.74, 6) is 0. The van der Waals surface area contributed by atoms with Crippen LogP contribution in [0.15, 0.2) is 16.8 Å². The van der Waals surface area contributed by atoms with Gasteiger partial charge < -0.3 is 21.3 Å². The van der Waals surface area contributed by atoms with Crippen LogP contribution in [0.2, 0.25) is 0 Å². The Balaban J connectivity index is 1.66. The molecule has 3 aliphatic rings. The van der Waals surface area contributed by atoms with Crippen LogP contribution < -0.4 is 21.3 Å². The fourth-order valence-electron chi connectivity index (χ4n) is 4.86. The minimum absolute atomic E-state index is 0.546. The van der Waals surface area contributed by atoms with Gasteiger partial charge in [0.2, 0.25) is 0 Å². The molecule has 0 aromatic carbocycles. The molecule has 5 nitrogen and oxygen atoms in total. The summed E-state index contributed by atoms with van der Waals surface area (Å²) in [4.78, 5) is 4.75. The first-order valence-electron chi connectivity index (χ1n) is 10.9. The second kappa shape index (κ2) is 10.4. The summed E-state index contributed by atoms with van der Waals surface area (Å²) in [5.41, 5.74) is 2.37. The van der Waals surface area contributed by atoms with Crippen LogP contribution in [-0.2, 0) is 0 Å². The van der Waals surface area contributed by atoms with Crippen molar-refractivity contribution in [3.05, 3.63) is 11.8 Å². The summed E-state index contributed by atoms with van der Waals surface area (Å²) in [6.45, 7) is 8.28. The predicted octanol–water partition coefficient (Wildman–Crippen LogP) is 2.35. The molecule has 1 heterocycles. The first-order chi connectivity index (χ1) is 12.7. The highest BCUT2D eigenvalue weighted by Gasteiger charge is 2.26. The van der Waals surface area contributed by atoms with E-state index >= 15 is 0 Å². The van der Waals surface area contributed by atoms with Gasteiger partial charge in [-0.05, 0) is 45.6 Å². The fraction of sp³-hybridized carbons (Fsp3) is 0.857. The summed E-state index contributed by atoms with van der Waals surface area (Å²) in [7, 11) is 0. The second-order valence-electron chi connectivity index (χ2n) is 8.35. The summed E-state index contributed by atoms with van der Waals surface area (Å²) in [6.07, 6.45) is 12.8. The van der Waals surface area contributed by atoms with Gasteiger partial charge >= 0.3 is 0 Å². The van der Waals surface area contributed by atoms with Gasteiger partial charge in [-0.2, -0.15) is 0 Å². The topological polar surface area (TPSA) is 60.5 Å². The zero-order chi connectivity index (χ0) is 18.2. The highest BCUT2D eigenvalue weighted by molar-refractivity contribution is 5.93. The van der Waals surface area contributed by atoms with Crippen molar-refractivity contribution in [1.29, 1.82) is 0 Å². The molecule has 3 rings (SSSR count). The number of nitrogens with one attached hydrogen (secondary N) is 4. The van der Waals surface area contributed by atoms with E-state index in [1.54, 1.807) is 0 Å². The molecule has 2 fully saturated rings. The molecular formula is C21H39N5. The van der Waals surface area contributed by atoms with Crippen LogP contribution in [0.1, 0.15) is 65.2 Å². The summed E-state index contributed by atoms with van der Waals surface area (Å²) >= 11 is 0. The van der Waals surface area contributed by atoms with E-state index in [-0.39, 0.29) is 0 Å². The summed E-state index contributed by atoms with van der Waals surface area (Å²) < 4.78 is 0. The number of allylic oxidation sites excluding steroid dienone is 2. The van der Waals surface area contributed by atoms with E-state index in [2.05, 4.69) is 41.2 Å². The van der Waals surface area contributed by atoms with E-state index in [0.29, 0.717) is 24.2 Å². The molecule has 0 aromatic heterocycles. The van der Waals surface area contributed by atoms with Crippen molar-refractivity contribution in [3.8, 4) is 0 Å². The Bertz CT molecular complexity index is 487. The average Bonchev–Trinajstić information content (AvgIpc) is 2.63. The Labute approximate surface area is 159 Å². The van der Waals surface area contributed by atoms with E-state index in [1.807, 2.05) is 0 Å². The minimum atomic E-state index is 0.546. The highest BCUT2D eigenvalue weighted by Crippen LogP contribution is 2.20. The van der Waals surface area contributed by atoms with Crippen LogP contribution in [0.25, 0.3) is 0 Å². The lowest BCUT2D eigenvalue weighted by molar-refractivity contribution is 0.273. The van der Waals surface area contributed by atoms with Crippen molar-refractivity contribution < 1.29 is 0 Å². The maximum atomic E-state index is 4.75.